The van der Waals surface area contributed by atoms with Crippen molar-refractivity contribution in [1.29, 1.82) is 0 Å². The average Bonchev–Trinajstić information content (AvgIpc) is 2.35. The Morgan fingerprint density at radius 1 is 1.42 bits per heavy atom. The summed E-state index contributed by atoms with van der Waals surface area (Å²) in [7, 11) is 1.80. The third kappa shape index (κ3) is 3.34. The summed E-state index contributed by atoms with van der Waals surface area (Å²) in [6.45, 7) is 3.14. The lowest BCUT2D eigenvalue weighted by Crippen LogP contribution is -2.57. The van der Waals surface area contributed by atoms with Crippen molar-refractivity contribution < 1.29 is 9.13 Å². The molecule has 2 rings (SSSR count). The number of methoxy groups -OCH3 is 1. The number of ether oxygens (including phenoxy) is 1. The zero-order valence-corrected chi connectivity index (χ0v) is 11.9. The number of benzene rings is 1. The molecule has 0 spiro atoms. The summed E-state index contributed by atoms with van der Waals surface area (Å²) in [4.78, 5) is 0. The topological polar surface area (TPSA) is 21.3 Å². The van der Waals surface area contributed by atoms with Crippen molar-refractivity contribution in [3.05, 3.63) is 35.6 Å². The van der Waals surface area contributed by atoms with Gasteiger partial charge in [-0.1, -0.05) is 19.1 Å². The molecule has 3 heteroatoms. The Morgan fingerprint density at radius 2 is 2.21 bits per heavy atom. The molecule has 19 heavy (non-hydrogen) atoms. The fourth-order valence-electron chi connectivity index (χ4n) is 2.88. The SMILES string of the molecule is CCCNC(Cc1cccc(F)c1)C1(OC)CCC1. The molecule has 0 saturated heterocycles. The molecule has 0 radical (unpaired) electrons. The zero-order valence-electron chi connectivity index (χ0n) is 11.9. The van der Waals surface area contributed by atoms with Crippen LogP contribution in [-0.2, 0) is 11.2 Å². The quantitative estimate of drug-likeness (QED) is 0.816. The molecule has 1 N–H and O–H groups in total. The van der Waals surface area contributed by atoms with Gasteiger partial charge in [-0.3, -0.25) is 0 Å². The van der Waals surface area contributed by atoms with E-state index in [1.807, 2.05) is 6.07 Å². The molecule has 1 aromatic rings. The molecule has 1 saturated carbocycles. The Morgan fingerprint density at radius 3 is 2.74 bits per heavy atom. The van der Waals surface area contributed by atoms with Gasteiger partial charge in [0.2, 0.25) is 0 Å². The van der Waals surface area contributed by atoms with Gasteiger partial charge in [-0.05, 0) is 56.3 Å². The largest absolute Gasteiger partial charge is 0.377 e. The van der Waals surface area contributed by atoms with E-state index < -0.39 is 0 Å². The Balaban J connectivity index is 2.09. The Hall–Kier alpha value is -0.930. The molecule has 1 atom stereocenters. The van der Waals surface area contributed by atoms with Gasteiger partial charge in [-0.15, -0.1) is 0 Å². The van der Waals surface area contributed by atoms with E-state index in [0.29, 0.717) is 0 Å². The highest BCUT2D eigenvalue weighted by atomic mass is 19.1. The molecule has 0 aromatic heterocycles. The fourth-order valence-corrected chi connectivity index (χ4v) is 2.88. The van der Waals surface area contributed by atoms with Crippen molar-refractivity contribution in [2.45, 2.75) is 50.7 Å². The van der Waals surface area contributed by atoms with Gasteiger partial charge in [0.25, 0.3) is 0 Å². The molecule has 0 amide bonds. The summed E-state index contributed by atoms with van der Waals surface area (Å²) in [5.41, 5.74) is 0.985. The van der Waals surface area contributed by atoms with Crippen LogP contribution in [0.2, 0.25) is 0 Å². The Kier molecular flexibility index (Phi) is 4.94. The van der Waals surface area contributed by atoms with Crippen LogP contribution < -0.4 is 5.32 Å². The van der Waals surface area contributed by atoms with Gasteiger partial charge >= 0.3 is 0 Å². The Bertz CT molecular complexity index is 398. The molecular formula is C16H24FNO. The molecule has 106 valence electrons. The van der Waals surface area contributed by atoms with Gasteiger partial charge in [0.1, 0.15) is 5.82 Å². The monoisotopic (exact) mass is 265 g/mol. The molecule has 1 aliphatic rings. The molecule has 0 heterocycles. The van der Waals surface area contributed by atoms with Crippen molar-refractivity contribution in [2.24, 2.45) is 0 Å². The van der Waals surface area contributed by atoms with E-state index in [1.54, 1.807) is 19.2 Å². The van der Waals surface area contributed by atoms with E-state index >= 15 is 0 Å². The minimum Gasteiger partial charge on any atom is -0.377 e. The van der Waals surface area contributed by atoms with Crippen molar-refractivity contribution >= 4 is 0 Å². The maximum Gasteiger partial charge on any atom is 0.123 e. The molecule has 0 bridgehead atoms. The number of nitrogens with one attached hydrogen (secondary N) is 1. The lowest BCUT2D eigenvalue weighted by Gasteiger charge is -2.47. The highest BCUT2D eigenvalue weighted by molar-refractivity contribution is 5.19. The molecule has 2 nitrogen and oxygen atoms in total. The summed E-state index contributed by atoms with van der Waals surface area (Å²) >= 11 is 0. The fraction of sp³-hybridized carbons (Fsp3) is 0.625. The molecular weight excluding hydrogens is 241 g/mol. The van der Waals surface area contributed by atoms with Gasteiger partial charge in [0.05, 0.1) is 5.60 Å². The van der Waals surface area contributed by atoms with E-state index in [1.165, 1.54) is 12.5 Å². The predicted octanol–water partition coefficient (Wildman–Crippen LogP) is 3.31. The minimum atomic E-state index is -0.160. The highest BCUT2D eigenvalue weighted by Gasteiger charge is 2.44. The molecule has 1 unspecified atom stereocenters. The molecule has 0 aliphatic heterocycles. The first-order valence-corrected chi connectivity index (χ1v) is 7.23. The minimum absolute atomic E-state index is 0.0541. The van der Waals surface area contributed by atoms with Crippen LogP contribution in [0.4, 0.5) is 4.39 Å². The van der Waals surface area contributed by atoms with Gasteiger partial charge in [-0.2, -0.15) is 0 Å². The van der Waals surface area contributed by atoms with E-state index in [0.717, 1.165) is 37.8 Å². The maximum atomic E-state index is 13.3. The van der Waals surface area contributed by atoms with E-state index in [-0.39, 0.29) is 17.5 Å². The van der Waals surface area contributed by atoms with Crippen molar-refractivity contribution in [3.8, 4) is 0 Å². The van der Waals surface area contributed by atoms with E-state index in [4.69, 9.17) is 4.74 Å². The summed E-state index contributed by atoms with van der Waals surface area (Å²) in [5, 5.41) is 3.58. The van der Waals surface area contributed by atoms with Crippen LogP contribution in [0.3, 0.4) is 0 Å². The first-order valence-electron chi connectivity index (χ1n) is 7.23. The van der Waals surface area contributed by atoms with Crippen LogP contribution in [0.25, 0.3) is 0 Å². The Labute approximate surface area is 115 Å². The first-order chi connectivity index (χ1) is 9.20. The van der Waals surface area contributed by atoms with E-state index in [9.17, 15) is 4.39 Å². The third-order valence-corrected chi connectivity index (χ3v) is 4.21. The number of hydrogen-bond donors (Lipinski definition) is 1. The number of halogens is 1. The van der Waals surface area contributed by atoms with Crippen LogP contribution in [0, 0.1) is 5.82 Å². The van der Waals surface area contributed by atoms with Crippen LogP contribution >= 0.6 is 0 Å². The van der Waals surface area contributed by atoms with Gasteiger partial charge in [-0.25, -0.2) is 4.39 Å². The second-order valence-electron chi connectivity index (χ2n) is 5.46. The predicted molar refractivity (Wildman–Crippen MR) is 75.8 cm³/mol. The average molecular weight is 265 g/mol. The summed E-state index contributed by atoms with van der Waals surface area (Å²) in [6.07, 6.45) is 5.34. The highest BCUT2D eigenvalue weighted by Crippen LogP contribution is 2.39. The van der Waals surface area contributed by atoms with Crippen LogP contribution in [-0.4, -0.2) is 25.3 Å². The van der Waals surface area contributed by atoms with Crippen molar-refractivity contribution in [1.82, 2.24) is 5.32 Å². The summed E-state index contributed by atoms with van der Waals surface area (Å²) < 4.78 is 19.1. The third-order valence-electron chi connectivity index (χ3n) is 4.21. The summed E-state index contributed by atoms with van der Waals surface area (Å²) in [5.74, 6) is -0.160. The van der Waals surface area contributed by atoms with Crippen molar-refractivity contribution in [3.63, 3.8) is 0 Å². The normalized spacial score (nSPS) is 18.9. The number of hydrogen-bond acceptors (Lipinski definition) is 2. The lowest BCUT2D eigenvalue weighted by molar-refractivity contribution is -0.0980. The second-order valence-corrected chi connectivity index (χ2v) is 5.46. The second kappa shape index (κ2) is 6.49. The number of rotatable bonds is 7. The molecule has 1 fully saturated rings. The zero-order chi connectivity index (χ0) is 13.7. The van der Waals surface area contributed by atoms with Crippen LogP contribution in [0.5, 0.6) is 0 Å². The van der Waals surface area contributed by atoms with Gasteiger partial charge < -0.3 is 10.1 Å². The maximum absolute atomic E-state index is 13.3. The van der Waals surface area contributed by atoms with E-state index in [2.05, 4.69) is 12.2 Å². The van der Waals surface area contributed by atoms with Crippen LogP contribution in [0.1, 0.15) is 38.2 Å². The molecule has 1 aromatic carbocycles. The van der Waals surface area contributed by atoms with Gasteiger partial charge in [0, 0.05) is 13.2 Å². The summed E-state index contributed by atoms with van der Waals surface area (Å²) in [6, 6.07) is 7.16. The molecule has 1 aliphatic carbocycles. The first kappa shape index (κ1) is 14.5. The standard InChI is InChI=1S/C16H24FNO/c1-3-10-18-15(16(19-2)8-5-9-16)12-13-6-4-7-14(17)11-13/h4,6-7,11,15,18H,3,5,8-10,12H2,1-2H3. The van der Waals surface area contributed by atoms with Crippen molar-refractivity contribution in [2.75, 3.05) is 13.7 Å². The lowest BCUT2D eigenvalue weighted by atomic mass is 9.72. The van der Waals surface area contributed by atoms with Crippen LogP contribution in [0.15, 0.2) is 24.3 Å². The van der Waals surface area contributed by atoms with Gasteiger partial charge in [0.15, 0.2) is 0 Å². The smallest absolute Gasteiger partial charge is 0.123 e.